The zero-order chi connectivity index (χ0) is 18.0. The average Bonchev–Trinajstić information content (AvgIpc) is 2.91. The lowest BCUT2D eigenvalue weighted by molar-refractivity contribution is -0.134. The van der Waals surface area contributed by atoms with Crippen LogP contribution in [0.1, 0.15) is 19.7 Å². The molecule has 0 spiro atoms. The van der Waals surface area contributed by atoms with E-state index in [0.29, 0.717) is 17.3 Å². The number of aromatic nitrogens is 2. The molecule has 0 saturated carbocycles. The molecule has 1 heterocycles. The Morgan fingerprint density at radius 2 is 1.88 bits per heavy atom. The Hall–Kier alpha value is -2.53. The van der Waals surface area contributed by atoms with E-state index in [-0.39, 0.29) is 5.91 Å². The Bertz CT molecular complexity index is 901. The van der Waals surface area contributed by atoms with Crippen molar-refractivity contribution >= 4 is 28.5 Å². The van der Waals surface area contributed by atoms with Crippen molar-refractivity contribution in [2.75, 3.05) is 0 Å². The molecule has 0 aliphatic carbocycles. The Labute approximate surface area is 151 Å². The first kappa shape index (κ1) is 17.3. The molecular weight excluding hydrogens is 338 g/mol. The van der Waals surface area contributed by atoms with Crippen molar-refractivity contribution in [1.82, 2.24) is 14.9 Å². The lowest BCUT2D eigenvalue weighted by Gasteiger charge is -2.25. The fourth-order valence-electron chi connectivity index (χ4n) is 2.57. The number of nitrogens with one attached hydrogen (secondary N) is 1. The van der Waals surface area contributed by atoms with Gasteiger partial charge >= 0.3 is 0 Å². The first-order valence-corrected chi connectivity index (χ1v) is 8.38. The third kappa shape index (κ3) is 3.77. The second kappa shape index (κ2) is 6.76. The Morgan fingerprint density at radius 3 is 2.56 bits per heavy atom. The van der Waals surface area contributed by atoms with Crippen molar-refractivity contribution in [3.63, 3.8) is 0 Å². The van der Waals surface area contributed by atoms with E-state index in [1.165, 1.54) is 0 Å². The number of halogens is 1. The number of nitrogens with zero attached hydrogens (tertiary/aromatic N) is 2. The highest BCUT2D eigenvalue weighted by atomic mass is 35.5. The first-order valence-electron chi connectivity index (χ1n) is 8.00. The quantitative estimate of drug-likeness (QED) is 0.757. The van der Waals surface area contributed by atoms with E-state index in [1.54, 1.807) is 38.1 Å². The van der Waals surface area contributed by atoms with Crippen LogP contribution in [0.15, 0.2) is 48.5 Å². The molecule has 25 heavy (non-hydrogen) atoms. The van der Waals surface area contributed by atoms with E-state index in [4.69, 9.17) is 16.3 Å². The summed E-state index contributed by atoms with van der Waals surface area (Å²) < 4.78 is 7.77. The largest absolute Gasteiger partial charge is 0.478 e. The predicted octanol–water partition coefficient (Wildman–Crippen LogP) is 3.70. The van der Waals surface area contributed by atoms with Crippen LogP contribution in [0.2, 0.25) is 5.02 Å². The van der Waals surface area contributed by atoms with E-state index in [9.17, 15) is 4.79 Å². The molecule has 6 heteroatoms. The zero-order valence-corrected chi connectivity index (χ0v) is 15.2. The Kier molecular flexibility index (Phi) is 4.68. The minimum absolute atomic E-state index is 0.213. The minimum Gasteiger partial charge on any atom is -0.478 e. The van der Waals surface area contributed by atoms with Gasteiger partial charge in [0, 0.05) is 12.1 Å². The van der Waals surface area contributed by atoms with Gasteiger partial charge < -0.3 is 14.6 Å². The van der Waals surface area contributed by atoms with Gasteiger partial charge in [0.2, 0.25) is 0 Å². The van der Waals surface area contributed by atoms with Crippen molar-refractivity contribution in [2.45, 2.75) is 26.0 Å². The highest BCUT2D eigenvalue weighted by molar-refractivity contribution is 6.30. The third-order valence-corrected chi connectivity index (χ3v) is 4.27. The standard InChI is InChI=1S/C19H20ClN3O2/c1-19(2,25-14-10-8-13(20)9-11-14)18(24)21-12-17-22-15-6-4-5-7-16(15)23(17)3/h4-11H,12H2,1-3H3,(H,21,24). The second-order valence-corrected chi connectivity index (χ2v) is 6.76. The van der Waals surface area contributed by atoms with Crippen LogP contribution in [-0.2, 0) is 18.4 Å². The maximum atomic E-state index is 12.5. The topological polar surface area (TPSA) is 56.2 Å². The monoisotopic (exact) mass is 357 g/mol. The van der Waals surface area contributed by atoms with E-state index in [0.717, 1.165) is 16.9 Å². The molecule has 1 N–H and O–H groups in total. The minimum atomic E-state index is -1.02. The van der Waals surface area contributed by atoms with Crippen LogP contribution in [0.25, 0.3) is 11.0 Å². The van der Waals surface area contributed by atoms with Crippen LogP contribution in [0.3, 0.4) is 0 Å². The van der Waals surface area contributed by atoms with E-state index in [1.807, 2.05) is 35.9 Å². The van der Waals surface area contributed by atoms with E-state index < -0.39 is 5.60 Å². The summed E-state index contributed by atoms with van der Waals surface area (Å²) in [5.41, 5.74) is 0.924. The van der Waals surface area contributed by atoms with Crippen molar-refractivity contribution in [1.29, 1.82) is 0 Å². The lowest BCUT2D eigenvalue weighted by atomic mass is 10.1. The number of para-hydroxylation sites is 2. The van der Waals surface area contributed by atoms with Crippen molar-refractivity contribution < 1.29 is 9.53 Å². The summed E-state index contributed by atoms with van der Waals surface area (Å²) in [6.07, 6.45) is 0. The number of fused-ring (bicyclic) bond motifs is 1. The predicted molar refractivity (Wildman–Crippen MR) is 98.7 cm³/mol. The third-order valence-electron chi connectivity index (χ3n) is 4.02. The molecule has 5 nitrogen and oxygen atoms in total. The average molecular weight is 358 g/mol. The number of carbonyl (C=O) groups is 1. The number of ether oxygens (including phenoxy) is 1. The molecule has 130 valence electrons. The van der Waals surface area contributed by atoms with Crippen LogP contribution in [0.4, 0.5) is 0 Å². The normalized spacial score (nSPS) is 11.5. The van der Waals surface area contributed by atoms with Gasteiger partial charge in [-0.05, 0) is 50.2 Å². The van der Waals surface area contributed by atoms with Crippen LogP contribution in [-0.4, -0.2) is 21.1 Å². The fraction of sp³-hybridized carbons (Fsp3) is 0.263. The fourth-order valence-corrected chi connectivity index (χ4v) is 2.70. The van der Waals surface area contributed by atoms with Crippen LogP contribution >= 0.6 is 11.6 Å². The molecule has 0 fully saturated rings. The van der Waals surface area contributed by atoms with E-state index in [2.05, 4.69) is 10.3 Å². The molecule has 0 atom stereocenters. The van der Waals surface area contributed by atoms with Gasteiger partial charge in [-0.2, -0.15) is 0 Å². The van der Waals surface area contributed by atoms with Crippen molar-refractivity contribution in [3.8, 4) is 5.75 Å². The number of hydrogen-bond donors (Lipinski definition) is 1. The molecule has 1 amide bonds. The highest BCUT2D eigenvalue weighted by Crippen LogP contribution is 2.21. The van der Waals surface area contributed by atoms with Gasteiger partial charge in [0.25, 0.3) is 5.91 Å². The molecule has 0 saturated heterocycles. The molecule has 3 rings (SSSR count). The summed E-state index contributed by atoms with van der Waals surface area (Å²) >= 11 is 5.87. The van der Waals surface area contributed by atoms with Gasteiger partial charge in [-0.1, -0.05) is 23.7 Å². The maximum absolute atomic E-state index is 12.5. The van der Waals surface area contributed by atoms with Gasteiger partial charge in [-0.3, -0.25) is 4.79 Å². The lowest BCUT2D eigenvalue weighted by Crippen LogP contribution is -2.46. The highest BCUT2D eigenvalue weighted by Gasteiger charge is 2.30. The van der Waals surface area contributed by atoms with Gasteiger partial charge in [-0.25, -0.2) is 4.98 Å². The van der Waals surface area contributed by atoms with Crippen molar-refractivity contribution in [3.05, 3.63) is 59.4 Å². The van der Waals surface area contributed by atoms with Gasteiger partial charge in [0.1, 0.15) is 11.6 Å². The molecule has 0 radical (unpaired) electrons. The maximum Gasteiger partial charge on any atom is 0.263 e. The Morgan fingerprint density at radius 1 is 1.20 bits per heavy atom. The molecule has 0 unspecified atom stereocenters. The molecule has 0 bridgehead atoms. The molecular formula is C19H20ClN3O2. The molecule has 0 aliphatic heterocycles. The van der Waals surface area contributed by atoms with Crippen LogP contribution in [0, 0.1) is 0 Å². The molecule has 2 aromatic carbocycles. The summed E-state index contributed by atoms with van der Waals surface area (Å²) in [6.45, 7) is 3.79. The number of carbonyl (C=O) groups excluding carboxylic acids is 1. The summed E-state index contributed by atoms with van der Waals surface area (Å²) in [6, 6.07) is 14.8. The van der Waals surface area contributed by atoms with Crippen LogP contribution < -0.4 is 10.1 Å². The Balaban J connectivity index is 1.68. The summed E-state index contributed by atoms with van der Waals surface area (Å²) in [7, 11) is 1.94. The van der Waals surface area contributed by atoms with Gasteiger partial charge in [0.05, 0.1) is 17.6 Å². The van der Waals surface area contributed by atoms with Gasteiger partial charge in [-0.15, -0.1) is 0 Å². The number of amides is 1. The van der Waals surface area contributed by atoms with Gasteiger partial charge in [0.15, 0.2) is 5.60 Å². The first-order chi connectivity index (χ1) is 11.9. The van der Waals surface area contributed by atoms with E-state index >= 15 is 0 Å². The number of rotatable bonds is 5. The molecule has 1 aromatic heterocycles. The number of hydrogen-bond acceptors (Lipinski definition) is 3. The smallest absolute Gasteiger partial charge is 0.263 e. The molecule has 0 aliphatic rings. The van der Waals surface area contributed by atoms with Crippen molar-refractivity contribution in [2.24, 2.45) is 7.05 Å². The number of imidazole rings is 1. The summed E-state index contributed by atoms with van der Waals surface area (Å²) in [4.78, 5) is 17.1. The summed E-state index contributed by atoms with van der Waals surface area (Å²) in [5, 5.41) is 3.52. The number of aryl methyl sites for hydroxylation is 1. The zero-order valence-electron chi connectivity index (χ0n) is 14.4. The SMILES string of the molecule is Cn1c(CNC(=O)C(C)(C)Oc2ccc(Cl)cc2)nc2ccccc21. The number of benzene rings is 2. The van der Waals surface area contributed by atoms with Crippen LogP contribution in [0.5, 0.6) is 5.75 Å². The summed E-state index contributed by atoms with van der Waals surface area (Å²) in [5.74, 6) is 1.17. The molecule has 3 aromatic rings. The second-order valence-electron chi connectivity index (χ2n) is 6.32.